The van der Waals surface area contributed by atoms with Crippen LogP contribution in [-0.4, -0.2) is 22.7 Å². The highest BCUT2D eigenvalue weighted by molar-refractivity contribution is 7.80. The van der Waals surface area contributed by atoms with Crippen LogP contribution in [0.2, 0.25) is 5.02 Å². The number of esters is 1. The summed E-state index contributed by atoms with van der Waals surface area (Å²) in [6.07, 6.45) is 0. The van der Waals surface area contributed by atoms with E-state index in [0.717, 1.165) is 22.2 Å². The molecular formula is C19H18ClN3O2S. The number of fused-ring (bicyclic) bond motifs is 1. The van der Waals surface area contributed by atoms with Gasteiger partial charge in [-0.1, -0.05) is 35.9 Å². The Morgan fingerprint density at radius 3 is 2.73 bits per heavy atom. The molecule has 0 saturated heterocycles. The molecule has 3 rings (SSSR count). The normalized spacial score (nSPS) is 10.6. The molecule has 1 heterocycles. The summed E-state index contributed by atoms with van der Waals surface area (Å²) in [6, 6.07) is 13.1. The van der Waals surface area contributed by atoms with Gasteiger partial charge in [0.1, 0.15) is 5.69 Å². The van der Waals surface area contributed by atoms with Crippen LogP contribution in [0.1, 0.15) is 23.0 Å². The van der Waals surface area contributed by atoms with Crippen LogP contribution in [0.4, 0.5) is 11.4 Å². The lowest BCUT2D eigenvalue weighted by Gasteiger charge is -2.14. The molecule has 3 N–H and O–H groups in total. The SMILES string of the molecule is CCOC(=O)c1[nH]c2ccccc2c1NC(=S)Nc1cccc(Cl)c1C. The summed E-state index contributed by atoms with van der Waals surface area (Å²) in [4.78, 5) is 15.4. The Morgan fingerprint density at radius 2 is 1.96 bits per heavy atom. The molecule has 0 aliphatic rings. The predicted octanol–water partition coefficient (Wildman–Crippen LogP) is 5.12. The number of hydrogen-bond donors (Lipinski definition) is 3. The first kappa shape index (κ1) is 18.2. The van der Waals surface area contributed by atoms with Gasteiger partial charge in [0.2, 0.25) is 0 Å². The minimum Gasteiger partial charge on any atom is -0.461 e. The molecule has 0 atom stereocenters. The summed E-state index contributed by atoms with van der Waals surface area (Å²) >= 11 is 11.6. The molecule has 26 heavy (non-hydrogen) atoms. The number of rotatable bonds is 4. The van der Waals surface area contributed by atoms with Crippen molar-refractivity contribution in [1.82, 2.24) is 4.98 Å². The van der Waals surface area contributed by atoms with E-state index in [1.54, 1.807) is 6.92 Å². The maximum atomic E-state index is 12.3. The van der Waals surface area contributed by atoms with Crippen molar-refractivity contribution < 1.29 is 9.53 Å². The monoisotopic (exact) mass is 387 g/mol. The molecular weight excluding hydrogens is 370 g/mol. The van der Waals surface area contributed by atoms with Crippen LogP contribution >= 0.6 is 23.8 Å². The zero-order valence-corrected chi connectivity index (χ0v) is 15.9. The molecule has 0 bridgehead atoms. The number of para-hydroxylation sites is 1. The average molecular weight is 388 g/mol. The van der Waals surface area contributed by atoms with E-state index in [0.29, 0.717) is 21.5 Å². The maximum Gasteiger partial charge on any atom is 0.356 e. The van der Waals surface area contributed by atoms with Gasteiger partial charge in [0, 0.05) is 21.6 Å². The summed E-state index contributed by atoms with van der Waals surface area (Å²) in [5, 5.41) is 8.09. The number of anilines is 2. The molecule has 2 aromatic carbocycles. The van der Waals surface area contributed by atoms with Crippen molar-refractivity contribution in [3.8, 4) is 0 Å². The van der Waals surface area contributed by atoms with Gasteiger partial charge in [-0.15, -0.1) is 0 Å². The quantitative estimate of drug-likeness (QED) is 0.428. The fourth-order valence-corrected chi connectivity index (χ4v) is 3.02. The lowest BCUT2D eigenvalue weighted by molar-refractivity contribution is 0.0522. The number of carbonyl (C=O) groups excluding carboxylic acids is 1. The topological polar surface area (TPSA) is 66.2 Å². The fourth-order valence-electron chi connectivity index (χ4n) is 2.64. The molecule has 1 aromatic heterocycles. The van der Waals surface area contributed by atoms with Gasteiger partial charge in [0.15, 0.2) is 5.11 Å². The van der Waals surface area contributed by atoms with Crippen LogP contribution in [0.5, 0.6) is 0 Å². The van der Waals surface area contributed by atoms with E-state index in [-0.39, 0.29) is 6.61 Å². The van der Waals surface area contributed by atoms with Crippen LogP contribution in [0.15, 0.2) is 42.5 Å². The molecule has 0 saturated carbocycles. The van der Waals surface area contributed by atoms with Gasteiger partial charge >= 0.3 is 5.97 Å². The van der Waals surface area contributed by atoms with E-state index in [9.17, 15) is 4.79 Å². The van der Waals surface area contributed by atoms with E-state index >= 15 is 0 Å². The first-order valence-electron chi connectivity index (χ1n) is 8.12. The van der Waals surface area contributed by atoms with Crippen LogP contribution in [0, 0.1) is 6.92 Å². The second kappa shape index (κ2) is 7.76. The van der Waals surface area contributed by atoms with Gasteiger partial charge in [0.25, 0.3) is 0 Å². The number of ether oxygens (including phenoxy) is 1. The smallest absolute Gasteiger partial charge is 0.356 e. The Bertz CT molecular complexity index is 984. The molecule has 0 amide bonds. The summed E-state index contributed by atoms with van der Waals surface area (Å²) < 4.78 is 5.14. The van der Waals surface area contributed by atoms with E-state index in [1.807, 2.05) is 49.4 Å². The van der Waals surface area contributed by atoms with Crippen LogP contribution in [-0.2, 0) is 4.74 Å². The predicted molar refractivity (Wildman–Crippen MR) is 110 cm³/mol. The lowest BCUT2D eigenvalue weighted by atomic mass is 10.2. The number of carbonyl (C=O) groups is 1. The third-order valence-corrected chi connectivity index (χ3v) is 4.55. The average Bonchev–Trinajstić information content (AvgIpc) is 2.98. The number of hydrogen-bond acceptors (Lipinski definition) is 3. The highest BCUT2D eigenvalue weighted by Gasteiger charge is 2.19. The van der Waals surface area contributed by atoms with E-state index in [1.165, 1.54) is 0 Å². The molecule has 0 radical (unpaired) electrons. The number of thiocarbonyl (C=S) groups is 1. The van der Waals surface area contributed by atoms with Crippen molar-refractivity contribution in [3.63, 3.8) is 0 Å². The third-order valence-electron chi connectivity index (χ3n) is 3.94. The number of benzene rings is 2. The van der Waals surface area contributed by atoms with Crippen LogP contribution in [0.25, 0.3) is 10.9 Å². The molecule has 7 heteroatoms. The van der Waals surface area contributed by atoms with Crippen molar-refractivity contribution in [1.29, 1.82) is 0 Å². The van der Waals surface area contributed by atoms with Crippen molar-refractivity contribution >= 4 is 57.2 Å². The molecule has 0 spiro atoms. The number of aromatic nitrogens is 1. The van der Waals surface area contributed by atoms with Gasteiger partial charge in [-0.25, -0.2) is 4.79 Å². The van der Waals surface area contributed by atoms with Crippen molar-refractivity contribution in [2.24, 2.45) is 0 Å². The largest absolute Gasteiger partial charge is 0.461 e. The van der Waals surface area contributed by atoms with Gasteiger partial charge in [0.05, 0.1) is 12.3 Å². The van der Waals surface area contributed by atoms with Gasteiger partial charge in [-0.05, 0) is 49.8 Å². The highest BCUT2D eigenvalue weighted by atomic mass is 35.5. The van der Waals surface area contributed by atoms with Gasteiger partial charge in [-0.2, -0.15) is 0 Å². The highest BCUT2D eigenvalue weighted by Crippen LogP contribution is 2.29. The Morgan fingerprint density at radius 1 is 1.19 bits per heavy atom. The summed E-state index contributed by atoms with van der Waals surface area (Å²) in [5.74, 6) is -0.437. The summed E-state index contributed by atoms with van der Waals surface area (Å²) in [5.41, 5.74) is 3.42. The lowest BCUT2D eigenvalue weighted by Crippen LogP contribution is -2.21. The first-order chi connectivity index (χ1) is 12.5. The Labute approximate surface area is 161 Å². The van der Waals surface area contributed by atoms with Crippen LogP contribution in [0.3, 0.4) is 0 Å². The van der Waals surface area contributed by atoms with Gasteiger partial charge in [-0.3, -0.25) is 0 Å². The van der Waals surface area contributed by atoms with Gasteiger partial charge < -0.3 is 20.4 Å². The number of nitrogens with one attached hydrogen (secondary N) is 3. The Kier molecular flexibility index (Phi) is 5.44. The maximum absolute atomic E-state index is 12.3. The molecule has 3 aromatic rings. The van der Waals surface area contributed by atoms with Crippen molar-refractivity contribution in [3.05, 3.63) is 58.7 Å². The summed E-state index contributed by atoms with van der Waals surface area (Å²) in [6.45, 7) is 3.96. The number of aromatic amines is 1. The first-order valence-corrected chi connectivity index (χ1v) is 8.90. The molecule has 134 valence electrons. The molecule has 5 nitrogen and oxygen atoms in total. The zero-order valence-electron chi connectivity index (χ0n) is 14.4. The third kappa shape index (κ3) is 3.66. The van der Waals surface area contributed by atoms with Crippen LogP contribution < -0.4 is 10.6 Å². The zero-order chi connectivity index (χ0) is 18.7. The number of H-pyrrole nitrogens is 1. The minimum atomic E-state index is -0.437. The molecule has 0 fully saturated rings. The van der Waals surface area contributed by atoms with Crippen molar-refractivity contribution in [2.45, 2.75) is 13.8 Å². The Hall–Kier alpha value is -2.57. The Balaban J connectivity index is 1.92. The molecule has 0 unspecified atom stereocenters. The summed E-state index contributed by atoms with van der Waals surface area (Å²) in [7, 11) is 0. The molecule has 0 aliphatic heterocycles. The van der Waals surface area contributed by atoms with E-state index in [4.69, 9.17) is 28.6 Å². The second-order valence-corrected chi connectivity index (χ2v) is 6.45. The standard InChI is InChI=1S/C19H18ClN3O2S/c1-3-25-18(24)17-16(12-7-4-5-9-15(12)21-17)23-19(26)22-14-10-6-8-13(20)11(14)2/h4-10,21H,3H2,1-2H3,(H2,22,23,26). The number of halogens is 1. The second-order valence-electron chi connectivity index (χ2n) is 5.63. The van der Waals surface area contributed by atoms with E-state index in [2.05, 4.69) is 15.6 Å². The van der Waals surface area contributed by atoms with Crippen molar-refractivity contribution in [2.75, 3.05) is 17.2 Å². The van der Waals surface area contributed by atoms with E-state index < -0.39 is 5.97 Å². The minimum absolute atomic E-state index is 0.290. The fraction of sp³-hybridized carbons (Fsp3) is 0.158. The molecule has 0 aliphatic carbocycles.